The van der Waals surface area contributed by atoms with E-state index in [0.29, 0.717) is 6.04 Å². The first-order valence-corrected chi connectivity index (χ1v) is 10.5. The Kier molecular flexibility index (Phi) is 7.80. The molecule has 1 saturated heterocycles. The van der Waals surface area contributed by atoms with Crippen LogP contribution in [0.5, 0.6) is 11.5 Å². The number of aliphatic hydroxyl groups is 1. The maximum Gasteiger partial charge on any atom is 0.122 e. The number of rotatable bonds is 8. The number of ether oxygens (including phenoxy) is 2. The third-order valence-corrected chi connectivity index (χ3v) is 6.19. The fourth-order valence-corrected chi connectivity index (χ4v) is 4.68. The van der Waals surface area contributed by atoms with Crippen molar-refractivity contribution in [3.8, 4) is 11.5 Å². The summed E-state index contributed by atoms with van der Waals surface area (Å²) in [5.41, 5.74) is 1.20. The van der Waals surface area contributed by atoms with Gasteiger partial charge in [0.1, 0.15) is 11.5 Å². The molecule has 1 N–H and O–H groups in total. The Hall–Kier alpha value is -1.30. The first-order chi connectivity index (χ1) is 13.2. The van der Waals surface area contributed by atoms with E-state index in [1.54, 1.807) is 14.2 Å². The van der Waals surface area contributed by atoms with Gasteiger partial charge in [0.25, 0.3) is 0 Å². The Morgan fingerprint density at radius 3 is 2.33 bits per heavy atom. The number of benzene rings is 1. The van der Waals surface area contributed by atoms with E-state index in [1.165, 1.54) is 44.2 Å². The van der Waals surface area contributed by atoms with Crippen molar-refractivity contribution in [3.63, 3.8) is 0 Å². The van der Waals surface area contributed by atoms with E-state index in [2.05, 4.69) is 21.9 Å². The van der Waals surface area contributed by atoms with E-state index in [9.17, 15) is 5.11 Å². The van der Waals surface area contributed by atoms with E-state index >= 15 is 0 Å². The summed E-state index contributed by atoms with van der Waals surface area (Å²) in [4.78, 5) is 5.15. The minimum atomic E-state index is 0.250. The highest BCUT2D eigenvalue weighted by Crippen LogP contribution is 2.27. The van der Waals surface area contributed by atoms with E-state index in [1.807, 2.05) is 6.07 Å². The molecule has 1 heterocycles. The molecule has 1 atom stereocenters. The van der Waals surface area contributed by atoms with Crippen LogP contribution in [0, 0.1) is 5.92 Å². The SMILES string of the molecule is COc1cc(CN2CCN(CC3CCCCC3)C[C@@H]2CCO)cc(OC)c1. The molecule has 2 fully saturated rings. The van der Waals surface area contributed by atoms with Crippen LogP contribution in [0.3, 0.4) is 0 Å². The lowest BCUT2D eigenvalue weighted by Crippen LogP contribution is -2.53. The molecule has 1 saturated carbocycles. The monoisotopic (exact) mass is 376 g/mol. The molecule has 3 rings (SSSR count). The highest BCUT2D eigenvalue weighted by Gasteiger charge is 2.28. The van der Waals surface area contributed by atoms with Gasteiger partial charge in [-0.1, -0.05) is 19.3 Å². The Morgan fingerprint density at radius 1 is 1.00 bits per heavy atom. The summed E-state index contributed by atoms with van der Waals surface area (Å²) >= 11 is 0. The van der Waals surface area contributed by atoms with Crippen molar-refractivity contribution < 1.29 is 14.6 Å². The van der Waals surface area contributed by atoms with Crippen molar-refractivity contribution in [2.24, 2.45) is 5.92 Å². The van der Waals surface area contributed by atoms with E-state index < -0.39 is 0 Å². The summed E-state index contributed by atoms with van der Waals surface area (Å²) in [6.07, 6.45) is 7.86. The van der Waals surface area contributed by atoms with Gasteiger partial charge in [-0.05, 0) is 42.9 Å². The molecule has 1 aliphatic carbocycles. The summed E-state index contributed by atoms with van der Waals surface area (Å²) in [6, 6.07) is 6.50. The van der Waals surface area contributed by atoms with Crippen LogP contribution in [-0.4, -0.2) is 68.0 Å². The smallest absolute Gasteiger partial charge is 0.122 e. The van der Waals surface area contributed by atoms with Crippen LogP contribution < -0.4 is 9.47 Å². The second-order valence-corrected chi connectivity index (χ2v) is 8.12. The van der Waals surface area contributed by atoms with Crippen LogP contribution in [-0.2, 0) is 6.54 Å². The third-order valence-electron chi connectivity index (χ3n) is 6.19. The lowest BCUT2D eigenvalue weighted by atomic mass is 9.88. The highest BCUT2D eigenvalue weighted by atomic mass is 16.5. The second kappa shape index (κ2) is 10.3. The summed E-state index contributed by atoms with van der Waals surface area (Å²) in [5.74, 6) is 2.54. The molecular formula is C22H36N2O3. The molecule has 1 aromatic carbocycles. The number of methoxy groups -OCH3 is 2. The molecule has 2 aliphatic rings. The maximum absolute atomic E-state index is 9.59. The van der Waals surface area contributed by atoms with Crippen molar-refractivity contribution in [1.29, 1.82) is 0 Å². The zero-order valence-corrected chi connectivity index (χ0v) is 17.0. The highest BCUT2D eigenvalue weighted by molar-refractivity contribution is 5.38. The summed E-state index contributed by atoms with van der Waals surface area (Å²) in [5, 5.41) is 9.59. The molecule has 5 nitrogen and oxygen atoms in total. The Balaban J connectivity index is 1.61. The molecule has 0 amide bonds. The summed E-state index contributed by atoms with van der Waals surface area (Å²) in [6.45, 7) is 5.60. The minimum Gasteiger partial charge on any atom is -0.497 e. The number of aliphatic hydroxyl groups excluding tert-OH is 1. The summed E-state index contributed by atoms with van der Waals surface area (Å²) < 4.78 is 10.8. The van der Waals surface area contributed by atoms with Gasteiger partial charge >= 0.3 is 0 Å². The second-order valence-electron chi connectivity index (χ2n) is 8.12. The zero-order chi connectivity index (χ0) is 19.1. The van der Waals surface area contributed by atoms with Crippen LogP contribution in [0.25, 0.3) is 0 Å². The lowest BCUT2D eigenvalue weighted by Gasteiger charge is -2.43. The first kappa shape index (κ1) is 20.4. The molecule has 1 aromatic rings. The molecular weight excluding hydrogens is 340 g/mol. The fourth-order valence-electron chi connectivity index (χ4n) is 4.68. The first-order valence-electron chi connectivity index (χ1n) is 10.5. The van der Waals surface area contributed by atoms with Gasteiger partial charge in [0.05, 0.1) is 14.2 Å². The number of hydrogen-bond acceptors (Lipinski definition) is 5. The number of hydrogen-bond donors (Lipinski definition) is 1. The topological polar surface area (TPSA) is 45.2 Å². The zero-order valence-electron chi connectivity index (χ0n) is 17.0. The van der Waals surface area contributed by atoms with E-state index in [-0.39, 0.29) is 6.61 Å². The predicted molar refractivity (Wildman–Crippen MR) is 108 cm³/mol. The maximum atomic E-state index is 9.59. The molecule has 5 heteroatoms. The molecule has 27 heavy (non-hydrogen) atoms. The quantitative estimate of drug-likeness (QED) is 0.755. The fraction of sp³-hybridized carbons (Fsp3) is 0.727. The normalized spacial score (nSPS) is 22.7. The molecule has 0 unspecified atom stereocenters. The average Bonchev–Trinajstić information content (AvgIpc) is 2.70. The van der Waals surface area contributed by atoms with Crippen molar-refractivity contribution in [2.75, 3.05) is 47.0 Å². The van der Waals surface area contributed by atoms with Crippen LogP contribution in [0.1, 0.15) is 44.1 Å². The van der Waals surface area contributed by atoms with E-state index in [0.717, 1.165) is 50.0 Å². The average molecular weight is 377 g/mol. The van der Waals surface area contributed by atoms with Gasteiger partial charge in [0.15, 0.2) is 0 Å². The van der Waals surface area contributed by atoms with Crippen LogP contribution in [0.4, 0.5) is 0 Å². The van der Waals surface area contributed by atoms with Crippen LogP contribution in [0.2, 0.25) is 0 Å². The molecule has 0 bridgehead atoms. The minimum absolute atomic E-state index is 0.250. The van der Waals surface area contributed by atoms with Crippen molar-refractivity contribution in [3.05, 3.63) is 23.8 Å². The Bertz CT molecular complexity index is 552. The molecule has 0 spiro atoms. The predicted octanol–water partition coefficient (Wildman–Crippen LogP) is 3.15. The van der Waals surface area contributed by atoms with Gasteiger partial charge in [-0.3, -0.25) is 4.90 Å². The van der Waals surface area contributed by atoms with Gasteiger partial charge in [-0.25, -0.2) is 0 Å². The molecule has 152 valence electrons. The summed E-state index contributed by atoms with van der Waals surface area (Å²) in [7, 11) is 3.38. The molecule has 0 radical (unpaired) electrons. The van der Waals surface area contributed by atoms with Gasteiger partial charge < -0.3 is 19.5 Å². The van der Waals surface area contributed by atoms with Gasteiger partial charge in [0, 0.05) is 51.4 Å². The molecule has 1 aliphatic heterocycles. The van der Waals surface area contributed by atoms with Gasteiger partial charge in [0.2, 0.25) is 0 Å². The Morgan fingerprint density at radius 2 is 1.70 bits per heavy atom. The van der Waals surface area contributed by atoms with Crippen LogP contribution >= 0.6 is 0 Å². The number of piperazine rings is 1. The van der Waals surface area contributed by atoms with Crippen molar-refractivity contribution in [2.45, 2.75) is 51.1 Å². The lowest BCUT2D eigenvalue weighted by molar-refractivity contribution is 0.0426. The third kappa shape index (κ3) is 5.84. The molecule has 0 aromatic heterocycles. The standard InChI is InChI=1S/C22H36N2O3/c1-26-21-12-19(13-22(14-21)27-2)16-24-10-9-23(17-20(24)8-11-25)15-18-6-4-3-5-7-18/h12-14,18,20,25H,3-11,15-17H2,1-2H3/t20-/m0/s1. The van der Waals surface area contributed by atoms with Gasteiger partial charge in [-0.2, -0.15) is 0 Å². The van der Waals surface area contributed by atoms with E-state index in [4.69, 9.17) is 9.47 Å². The largest absolute Gasteiger partial charge is 0.497 e. The van der Waals surface area contributed by atoms with Crippen LogP contribution in [0.15, 0.2) is 18.2 Å². The van der Waals surface area contributed by atoms with Crippen molar-refractivity contribution >= 4 is 0 Å². The number of nitrogens with zero attached hydrogens (tertiary/aromatic N) is 2. The van der Waals surface area contributed by atoms with Gasteiger partial charge in [-0.15, -0.1) is 0 Å². The van der Waals surface area contributed by atoms with Crippen molar-refractivity contribution in [1.82, 2.24) is 9.80 Å². The Labute approximate surface area is 164 Å².